The highest BCUT2D eigenvalue weighted by atomic mass is 19.4. The van der Waals surface area contributed by atoms with E-state index in [0.717, 1.165) is 5.56 Å². The van der Waals surface area contributed by atoms with E-state index >= 15 is 0 Å². The Bertz CT molecular complexity index is 864. The number of hydrogen-bond donors (Lipinski definition) is 1. The van der Waals surface area contributed by atoms with Crippen LogP contribution in [-0.2, 0) is 4.79 Å². The van der Waals surface area contributed by atoms with Crippen molar-refractivity contribution in [3.63, 3.8) is 0 Å². The molecule has 2 aromatic rings. The summed E-state index contributed by atoms with van der Waals surface area (Å²) in [6.45, 7) is 0. The Labute approximate surface area is 128 Å². The van der Waals surface area contributed by atoms with E-state index in [1.807, 2.05) is 0 Å². The van der Waals surface area contributed by atoms with E-state index in [4.69, 9.17) is 0 Å². The molecule has 23 heavy (non-hydrogen) atoms. The zero-order valence-corrected chi connectivity index (χ0v) is 11.5. The molecule has 0 unspecified atom stereocenters. The van der Waals surface area contributed by atoms with Crippen molar-refractivity contribution >= 4 is 17.3 Å². The number of fused-ring (bicyclic) bond motifs is 3. The molecule has 0 saturated carbocycles. The third-order valence-electron chi connectivity index (χ3n) is 3.57. The highest BCUT2D eigenvalue weighted by Gasteiger charge is 2.37. The number of ketones is 2. The third kappa shape index (κ3) is 2.52. The van der Waals surface area contributed by atoms with Gasteiger partial charge in [0.2, 0.25) is 0 Å². The molecule has 1 aliphatic rings. The second-order valence-electron chi connectivity index (χ2n) is 5.03. The van der Waals surface area contributed by atoms with Crippen LogP contribution in [0.25, 0.3) is 16.9 Å². The van der Waals surface area contributed by atoms with E-state index in [0.29, 0.717) is 11.1 Å². The summed E-state index contributed by atoms with van der Waals surface area (Å²) < 4.78 is 36.7. The summed E-state index contributed by atoms with van der Waals surface area (Å²) >= 11 is 0. The third-order valence-corrected chi connectivity index (χ3v) is 3.57. The van der Waals surface area contributed by atoms with Crippen molar-refractivity contribution in [3.8, 4) is 11.1 Å². The number of halogens is 3. The monoisotopic (exact) mass is 318 g/mol. The lowest BCUT2D eigenvalue weighted by atomic mass is 10.0. The van der Waals surface area contributed by atoms with Crippen LogP contribution < -0.4 is 0 Å². The first-order valence-electron chi connectivity index (χ1n) is 6.59. The van der Waals surface area contributed by atoms with Crippen molar-refractivity contribution in [2.45, 2.75) is 6.18 Å². The second kappa shape index (κ2) is 5.08. The van der Waals surface area contributed by atoms with Crippen molar-refractivity contribution in [1.82, 2.24) is 0 Å². The maximum Gasteiger partial charge on any atom is 0.454 e. The van der Waals surface area contributed by atoms with Crippen molar-refractivity contribution in [3.05, 3.63) is 65.2 Å². The average molecular weight is 318 g/mol. The molecule has 1 aliphatic carbocycles. The van der Waals surface area contributed by atoms with Gasteiger partial charge in [0.1, 0.15) is 5.76 Å². The molecule has 116 valence electrons. The summed E-state index contributed by atoms with van der Waals surface area (Å²) in [6.07, 6.45) is -4.95. The lowest BCUT2D eigenvalue weighted by Gasteiger charge is -2.05. The fourth-order valence-electron chi connectivity index (χ4n) is 2.48. The van der Waals surface area contributed by atoms with E-state index in [-0.39, 0.29) is 23.0 Å². The van der Waals surface area contributed by atoms with Crippen LogP contribution in [0.4, 0.5) is 13.2 Å². The maximum absolute atomic E-state index is 12.3. The molecule has 0 spiro atoms. The van der Waals surface area contributed by atoms with Gasteiger partial charge in [-0.3, -0.25) is 9.59 Å². The smallest absolute Gasteiger partial charge is 0.454 e. The first-order valence-corrected chi connectivity index (χ1v) is 6.59. The number of aliphatic hydroxyl groups is 1. The molecule has 3 nitrogen and oxygen atoms in total. The lowest BCUT2D eigenvalue weighted by molar-refractivity contribution is -0.165. The van der Waals surface area contributed by atoms with Crippen LogP contribution in [0.15, 0.2) is 48.5 Å². The summed E-state index contributed by atoms with van der Waals surface area (Å²) in [5, 5.41) is 9.72. The standard InChI is InChI=1S/C17H9F3O3/c18-17(19,20)15(22)8-14(21)9-5-6-11-10-3-1-2-4-12(10)16(23)13(11)7-9/h1-8,21H/b14-8-. The minimum atomic E-state index is -5.06. The zero-order chi connectivity index (χ0) is 16.8. The predicted molar refractivity (Wildman–Crippen MR) is 77.0 cm³/mol. The van der Waals surface area contributed by atoms with Crippen molar-refractivity contribution in [2.75, 3.05) is 0 Å². The lowest BCUT2D eigenvalue weighted by Crippen LogP contribution is -2.20. The van der Waals surface area contributed by atoms with E-state index in [1.165, 1.54) is 18.2 Å². The molecule has 0 bridgehead atoms. The number of aliphatic hydroxyl groups excluding tert-OH is 1. The summed E-state index contributed by atoms with van der Waals surface area (Å²) in [7, 11) is 0. The van der Waals surface area contributed by atoms with Gasteiger partial charge < -0.3 is 5.11 Å². The number of carbonyl (C=O) groups excluding carboxylic acids is 2. The number of rotatable bonds is 2. The zero-order valence-electron chi connectivity index (χ0n) is 11.5. The fourth-order valence-corrected chi connectivity index (χ4v) is 2.48. The van der Waals surface area contributed by atoms with Crippen LogP contribution >= 0.6 is 0 Å². The molecule has 0 fully saturated rings. The molecule has 0 aromatic heterocycles. The van der Waals surface area contributed by atoms with Crippen LogP contribution in [0.3, 0.4) is 0 Å². The molecule has 0 radical (unpaired) electrons. The number of allylic oxidation sites excluding steroid dienone is 1. The summed E-state index contributed by atoms with van der Waals surface area (Å²) in [4.78, 5) is 23.2. The first-order chi connectivity index (χ1) is 10.8. The number of alkyl halides is 3. The van der Waals surface area contributed by atoms with Crippen LogP contribution in [0.1, 0.15) is 21.5 Å². The van der Waals surface area contributed by atoms with Crippen LogP contribution in [0.5, 0.6) is 0 Å². The van der Waals surface area contributed by atoms with Gasteiger partial charge in [0.25, 0.3) is 5.78 Å². The normalized spacial score (nSPS) is 13.7. The van der Waals surface area contributed by atoms with Crippen molar-refractivity contribution in [2.24, 2.45) is 0 Å². The van der Waals surface area contributed by atoms with Gasteiger partial charge in [0, 0.05) is 22.8 Å². The van der Waals surface area contributed by atoms with Gasteiger partial charge in [-0.25, -0.2) is 0 Å². The Morgan fingerprint density at radius 3 is 2.22 bits per heavy atom. The van der Waals surface area contributed by atoms with Gasteiger partial charge in [-0.2, -0.15) is 13.2 Å². The van der Waals surface area contributed by atoms with Crippen molar-refractivity contribution < 1.29 is 27.9 Å². The minimum absolute atomic E-state index is 0.0255. The van der Waals surface area contributed by atoms with Gasteiger partial charge >= 0.3 is 6.18 Å². The SMILES string of the molecule is O=C1c2ccccc2-c2ccc(/C(O)=C/C(=O)C(F)(F)F)cc21. The molecule has 0 saturated heterocycles. The summed E-state index contributed by atoms with van der Waals surface area (Å²) in [5.74, 6) is -3.27. The quantitative estimate of drug-likeness (QED) is 0.575. The minimum Gasteiger partial charge on any atom is -0.507 e. The molecule has 1 N–H and O–H groups in total. The number of benzene rings is 2. The molecule has 0 atom stereocenters. The molecule has 3 rings (SSSR count). The Balaban J connectivity index is 2.03. The van der Waals surface area contributed by atoms with Crippen LogP contribution in [0, 0.1) is 0 Å². The summed E-state index contributed by atoms with van der Waals surface area (Å²) in [5.41, 5.74) is 2.12. The predicted octanol–water partition coefficient (Wildman–Crippen LogP) is 3.93. The van der Waals surface area contributed by atoms with Gasteiger partial charge in [-0.15, -0.1) is 0 Å². The molecular weight excluding hydrogens is 309 g/mol. The first kappa shape index (κ1) is 15.0. The van der Waals surface area contributed by atoms with Crippen molar-refractivity contribution in [1.29, 1.82) is 0 Å². The number of carbonyl (C=O) groups is 2. The molecule has 0 aliphatic heterocycles. The molecule has 0 heterocycles. The Hall–Kier alpha value is -2.89. The average Bonchev–Trinajstić information content (AvgIpc) is 2.79. The fraction of sp³-hybridized carbons (Fsp3) is 0.0588. The highest BCUT2D eigenvalue weighted by Crippen LogP contribution is 2.37. The second-order valence-corrected chi connectivity index (χ2v) is 5.03. The van der Waals surface area contributed by atoms with Crippen LogP contribution in [-0.4, -0.2) is 22.8 Å². The summed E-state index contributed by atoms with van der Waals surface area (Å²) in [6, 6.07) is 11.1. The molecule has 6 heteroatoms. The Kier molecular flexibility index (Phi) is 3.32. The Morgan fingerprint density at radius 1 is 0.957 bits per heavy atom. The topological polar surface area (TPSA) is 54.4 Å². The molecule has 2 aromatic carbocycles. The highest BCUT2D eigenvalue weighted by molar-refractivity contribution is 6.22. The van der Waals surface area contributed by atoms with Gasteiger partial charge in [-0.1, -0.05) is 36.4 Å². The molecular formula is C17H9F3O3. The maximum atomic E-state index is 12.3. The Morgan fingerprint density at radius 2 is 1.57 bits per heavy atom. The number of hydrogen-bond acceptors (Lipinski definition) is 3. The van der Waals surface area contributed by atoms with E-state index in [9.17, 15) is 27.9 Å². The van der Waals surface area contributed by atoms with Gasteiger partial charge in [0.05, 0.1) is 0 Å². The largest absolute Gasteiger partial charge is 0.507 e. The van der Waals surface area contributed by atoms with E-state index in [2.05, 4.69) is 0 Å². The van der Waals surface area contributed by atoms with E-state index < -0.39 is 17.7 Å². The van der Waals surface area contributed by atoms with E-state index in [1.54, 1.807) is 24.3 Å². The molecule has 0 amide bonds. The van der Waals surface area contributed by atoms with Crippen LogP contribution in [0.2, 0.25) is 0 Å². The van der Waals surface area contributed by atoms with Gasteiger partial charge in [0.15, 0.2) is 5.78 Å². The van der Waals surface area contributed by atoms with Gasteiger partial charge in [-0.05, 0) is 17.2 Å².